The van der Waals surface area contributed by atoms with E-state index < -0.39 is 11.2 Å². The van der Waals surface area contributed by atoms with E-state index in [2.05, 4.69) is 9.97 Å². The van der Waals surface area contributed by atoms with Crippen molar-refractivity contribution in [1.29, 1.82) is 0 Å². The summed E-state index contributed by atoms with van der Waals surface area (Å²) in [5, 5.41) is 0.939. The highest BCUT2D eigenvalue weighted by atomic mass is 35.5. The second-order valence-electron chi connectivity index (χ2n) is 7.19. The van der Waals surface area contributed by atoms with Crippen LogP contribution < -0.4 is 11.2 Å². The van der Waals surface area contributed by atoms with E-state index in [4.69, 9.17) is 16.3 Å². The molecule has 0 saturated heterocycles. The average Bonchev–Trinajstić information content (AvgIpc) is 2.70. The fourth-order valence-electron chi connectivity index (χ4n) is 3.95. The largest absolute Gasteiger partial charge is 0.385 e. The monoisotopic (exact) mass is 413 g/mol. The number of aryl methyl sites for hydroxylation is 1. The molecular formula is C21H20ClN3O4. The van der Waals surface area contributed by atoms with Crippen molar-refractivity contribution in [2.24, 2.45) is 0 Å². The van der Waals surface area contributed by atoms with Crippen LogP contribution in [0.25, 0.3) is 11.0 Å². The van der Waals surface area contributed by atoms with Gasteiger partial charge in [-0.3, -0.25) is 19.1 Å². The number of pyridine rings is 1. The number of aromatic nitrogens is 3. The minimum atomic E-state index is -0.512. The van der Waals surface area contributed by atoms with Gasteiger partial charge < -0.3 is 4.74 Å². The molecule has 0 radical (unpaired) electrons. The maximum atomic E-state index is 12.8. The summed E-state index contributed by atoms with van der Waals surface area (Å²) >= 11 is 5.98. The number of ether oxygens (including phenoxy) is 1. The Morgan fingerprint density at radius 1 is 1.21 bits per heavy atom. The Morgan fingerprint density at radius 3 is 2.69 bits per heavy atom. The highest BCUT2D eigenvalue weighted by Gasteiger charge is 2.29. The van der Waals surface area contributed by atoms with Crippen molar-refractivity contribution in [1.82, 2.24) is 14.5 Å². The molecule has 0 fully saturated rings. The zero-order chi connectivity index (χ0) is 20.5. The van der Waals surface area contributed by atoms with Crippen molar-refractivity contribution >= 4 is 28.4 Å². The Morgan fingerprint density at radius 2 is 1.97 bits per heavy atom. The van der Waals surface area contributed by atoms with Gasteiger partial charge in [0, 0.05) is 43.5 Å². The van der Waals surface area contributed by atoms with Gasteiger partial charge in [-0.1, -0.05) is 23.7 Å². The number of hydrogen-bond acceptors (Lipinski definition) is 5. The number of aromatic amines is 1. The maximum Gasteiger partial charge on any atom is 0.329 e. The van der Waals surface area contributed by atoms with Crippen LogP contribution in [0.2, 0.25) is 5.02 Å². The van der Waals surface area contributed by atoms with Crippen LogP contribution in [0, 0.1) is 0 Å². The third-order valence-electron chi connectivity index (χ3n) is 5.37. The molecule has 29 heavy (non-hydrogen) atoms. The zero-order valence-corrected chi connectivity index (χ0v) is 16.7. The number of fused-ring (bicyclic) bond motifs is 3. The summed E-state index contributed by atoms with van der Waals surface area (Å²) in [6.07, 6.45) is 2.95. The minimum absolute atomic E-state index is 0.0582. The molecule has 3 aromatic rings. The van der Waals surface area contributed by atoms with Gasteiger partial charge in [-0.2, -0.15) is 0 Å². The summed E-state index contributed by atoms with van der Waals surface area (Å²) in [5.74, 6) is -0.122. The summed E-state index contributed by atoms with van der Waals surface area (Å²) in [6, 6.07) is 7.39. The number of halogens is 1. The number of hydrogen-bond donors (Lipinski definition) is 1. The number of methoxy groups -OCH3 is 1. The van der Waals surface area contributed by atoms with Gasteiger partial charge in [0.05, 0.1) is 5.39 Å². The van der Waals surface area contributed by atoms with Gasteiger partial charge in [0.15, 0.2) is 5.78 Å². The molecule has 2 heterocycles. The van der Waals surface area contributed by atoms with Gasteiger partial charge in [-0.05, 0) is 42.0 Å². The number of carbonyl (C=O) groups excluding carboxylic acids is 1. The fraction of sp³-hybridized carbons (Fsp3) is 0.333. The summed E-state index contributed by atoms with van der Waals surface area (Å²) < 4.78 is 6.49. The Hall–Kier alpha value is -2.77. The first-order chi connectivity index (χ1) is 14.0. The van der Waals surface area contributed by atoms with Crippen LogP contribution in [0.4, 0.5) is 0 Å². The standard InChI is InChI=1S/C21H20ClN3O4/c1-29-8-2-7-25-19-18(20(27)24-21(25)28)15-9-13(10-17(26)16(15)11-23-19)12-3-5-14(22)6-4-12/h3-6,11,13H,2,7-10H2,1H3,(H,24,27,28)/t13-/m0/s1. The molecule has 7 nitrogen and oxygen atoms in total. The Balaban J connectivity index is 1.85. The first-order valence-electron chi connectivity index (χ1n) is 9.42. The molecule has 0 spiro atoms. The molecule has 0 amide bonds. The molecule has 0 aliphatic heterocycles. The first-order valence-corrected chi connectivity index (χ1v) is 9.79. The van der Waals surface area contributed by atoms with E-state index in [1.807, 2.05) is 12.1 Å². The van der Waals surface area contributed by atoms with Crippen LogP contribution in [0.5, 0.6) is 0 Å². The second kappa shape index (κ2) is 7.93. The molecule has 1 atom stereocenters. The molecule has 150 valence electrons. The third kappa shape index (κ3) is 3.63. The lowest BCUT2D eigenvalue weighted by atomic mass is 9.79. The second-order valence-corrected chi connectivity index (χ2v) is 7.62. The van der Waals surface area contributed by atoms with E-state index >= 15 is 0 Å². The zero-order valence-electron chi connectivity index (χ0n) is 15.9. The number of benzene rings is 1. The molecule has 8 heteroatoms. The van der Waals surface area contributed by atoms with Crippen LogP contribution in [0.1, 0.15) is 40.2 Å². The molecule has 0 unspecified atom stereocenters. The van der Waals surface area contributed by atoms with E-state index in [0.717, 1.165) is 5.56 Å². The topological polar surface area (TPSA) is 94.1 Å². The number of Topliss-reactive ketones (excluding diaryl/α,β-unsaturated/α-hetero) is 1. The normalized spacial score (nSPS) is 16.2. The highest BCUT2D eigenvalue weighted by molar-refractivity contribution is 6.30. The van der Waals surface area contributed by atoms with Crippen molar-refractivity contribution in [2.45, 2.75) is 31.7 Å². The lowest BCUT2D eigenvalue weighted by molar-refractivity contribution is 0.0964. The highest BCUT2D eigenvalue weighted by Crippen LogP contribution is 2.35. The number of nitrogens with zero attached hydrogens (tertiary/aromatic N) is 2. The third-order valence-corrected chi connectivity index (χ3v) is 5.62. The van der Waals surface area contributed by atoms with E-state index in [-0.39, 0.29) is 11.7 Å². The molecule has 1 N–H and O–H groups in total. The van der Waals surface area contributed by atoms with Gasteiger partial charge in [-0.15, -0.1) is 0 Å². The minimum Gasteiger partial charge on any atom is -0.385 e. The van der Waals surface area contributed by atoms with Gasteiger partial charge >= 0.3 is 5.69 Å². The number of rotatable bonds is 5. The smallest absolute Gasteiger partial charge is 0.329 e. The van der Waals surface area contributed by atoms with Gasteiger partial charge in [0.25, 0.3) is 5.56 Å². The van der Waals surface area contributed by atoms with E-state index in [9.17, 15) is 14.4 Å². The average molecular weight is 414 g/mol. The van der Waals surface area contributed by atoms with E-state index in [1.165, 1.54) is 10.8 Å². The quantitative estimate of drug-likeness (QED) is 0.649. The molecule has 0 saturated carbocycles. The molecule has 1 aliphatic rings. The van der Waals surface area contributed by atoms with Crippen LogP contribution in [0.3, 0.4) is 0 Å². The van der Waals surface area contributed by atoms with Crippen molar-refractivity contribution < 1.29 is 9.53 Å². The fourth-order valence-corrected chi connectivity index (χ4v) is 4.08. The van der Waals surface area contributed by atoms with Crippen molar-refractivity contribution in [3.8, 4) is 0 Å². The SMILES string of the molecule is COCCCn1c(=O)[nH]c(=O)c2c3c(cnc21)C(=O)C[C@@H](c1ccc(Cl)cc1)C3. The Kier molecular flexibility index (Phi) is 5.34. The van der Waals surface area contributed by atoms with Crippen LogP contribution in [-0.4, -0.2) is 34.0 Å². The summed E-state index contributed by atoms with van der Waals surface area (Å²) in [7, 11) is 1.59. The molecular weight excluding hydrogens is 394 g/mol. The predicted octanol–water partition coefficient (Wildman–Crippen LogP) is 2.69. The molecule has 4 rings (SSSR count). The lowest BCUT2D eigenvalue weighted by Crippen LogP contribution is -2.33. The number of ketones is 1. The summed E-state index contributed by atoms with van der Waals surface area (Å²) in [5.41, 5.74) is 1.37. The predicted molar refractivity (Wildman–Crippen MR) is 110 cm³/mol. The van der Waals surface area contributed by atoms with Gasteiger partial charge in [0.1, 0.15) is 5.65 Å². The summed E-state index contributed by atoms with van der Waals surface area (Å²) in [4.78, 5) is 44.5. The number of nitrogens with one attached hydrogen (secondary N) is 1. The Labute approximate surface area is 171 Å². The van der Waals surface area contributed by atoms with Crippen molar-refractivity contribution in [2.75, 3.05) is 13.7 Å². The molecule has 1 aliphatic carbocycles. The van der Waals surface area contributed by atoms with Crippen molar-refractivity contribution in [3.05, 3.63) is 73.0 Å². The molecule has 2 aromatic heterocycles. The maximum absolute atomic E-state index is 12.8. The number of carbonyl (C=O) groups is 1. The molecule has 1 aromatic carbocycles. The van der Waals surface area contributed by atoms with Gasteiger partial charge in [-0.25, -0.2) is 9.78 Å². The van der Waals surface area contributed by atoms with Gasteiger partial charge in [0.2, 0.25) is 0 Å². The summed E-state index contributed by atoms with van der Waals surface area (Å²) in [6.45, 7) is 0.843. The number of H-pyrrole nitrogens is 1. The van der Waals surface area contributed by atoms with Crippen molar-refractivity contribution in [3.63, 3.8) is 0 Å². The van der Waals surface area contributed by atoms with Crippen LogP contribution in [-0.2, 0) is 17.7 Å². The Bertz CT molecular complexity index is 1200. The van der Waals surface area contributed by atoms with E-state index in [1.54, 1.807) is 19.2 Å². The van der Waals surface area contributed by atoms with Crippen LogP contribution >= 0.6 is 11.6 Å². The van der Waals surface area contributed by atoms with Crippen LogP contribution in [0.15, 0.2) is 40.1 Å². The lowest BCUT2D eigenvalue weighted by Gasteiger charge is -2.25. The molecule has 0 bridgehead atoms. The van der Waals surface area contributed by atoms with E-state index in [0.29, 0.717) is 59.6 Å². The first kappa shape index (κ1) is 19.5.